The standard InChI is InChI=1S/C16H16O3S/c1-2-19-16(18)13-6-4-8-15(10-13)20-14-7-3-5-12(9-14)11-17/h3-10,17H,2,11H2,1H3. The molecule has 0 saturated heterocycles. The topological polar surface area (TPSA) is 46.5 Å². The third kappa shape index (κ3) is 3.85. The van der Waals surface area contributed by atoms with Crippen LogP contribution in [0, 0.1) is 0 Å². The number of ether oxygens (including phenoxy) is 1. The van der Waals surface area contributed by atoms with Crippen LogP contribution in [0.25, 0.3) is 0 Å². The first-order chi connectivity index (χ1) is 9.72. The molecule has 0 aliphatic heterocycles. The third-order valence-corrected chi connectivity index (χ3v) is 3.64. The van der Waals surface area contributed by atoms with Crippen molar-refractivity contribution in [3.8, 4) is 0 Å². The fourth-order valence-electron chi connectivity index (χ4n) is 1.74. The van der Waals surface area contributed by atoms with Gasteiger partial charge in [0.15, 0.2) is 0 Å². The molecule has 2 aromatic rings. The maximum atomic E-state index is 11.7. The summed E-state index contributed by atoms with van der Waals surface area (Å²) in [5, 5.41) is 9.13. The number of carbonyl (C=O) groups is 1. The Kier molecular flexibility index (Phi) is 5.21. The van der Waals surface area contributed by atoms with Crippen LogP contribution < -0.4 is 0 Å². The van der Waals surface area contributed by atoms with Crippen LogP contribution in [0.4, 0.5) is 0 Å². The van der Waals surface area contributed by atoms with Gasteiger partial charge in [-0.2, -0.15) is 0 Å². The molecule has 0 radical (unpaired) electrons. The van der Waals surface area contributed by atoms with E-state index >= 15 is 0 Å². The van der Waals surface area contributed by atoms with Gasteiger partial charge in [-0.15, -0.1) is 0 Å². The van der Waals surface area contributed by atoms with Gasteiger partial charge in [0.2, 0.25) is 0 Å². The molecule has 0 atom stereocenters. The van der Waals surface area contributed by atoms with Crippen LogP contribution in [-0.2, 0) is 11.3 Å². The lowest BCUT2D eigenvalue weighted by Crippen LogP contribution is -2.04. The number of esters is 1. The summed E-state index contributed by atoms with van der Waals surface area (Å²) < 4.78 is 4.99. The van der Waals surface area contributed by atoms with Crippen molar-refractivity contribution in [2.45, 2.75) is 23.3 Å². The molecule has 0 aromatic heterocycles. The van der Waals surface area contributed by atoms with Gasteiger partial charge in [0.25, 0.3) is 0 Å². The second-order valence-corrected chi connectivity index (χ2v) is 5.30. The van der Waals surface area contributed by atoms with E-state index in [0.717, 1.165) is 15.4 Å². The van der Waals surface area contributed by atoms with Crippen molar-refractivity contribution in [2.75, 3.05) is 6.61 Å². The predicted molar refractivity (Wildman–Crippen MR) is 78.9 cm³/mol. The molecule has 2 rings (SSSR count). The summed E-state index contributed by atoms with van der Waals surface area (Å²) in [7, 11) is 0. The van der Waals surface area contributed by atoms with Gasteiger partial charge in [-0.3, -0.25) is 0 Å². The van der Waals surface area contributed by atoms with Crippen LogP contribution in [0.3, 0.4) is 0 Å². The van der Waals surface area contributed by atoms with E-state index in [1.54, 1.807) is 24.8 Å². The van der Waals surface area contributed by atoms with Crippen LogP contribution in [-0.4, -0.2) is 17.7 Å². The molecule has 20 heavy (non-hydrogen) atoms. The van der Waals surface area contributed by atoms with Crippen molar-refractivity contribution in [1.29, 1.82) is 0 Å². The molecular weight excluding hydrogens is 272 g/mol. The number of benzene rings is 2. The Hall–Kier alpha value is -1.78. The number of carbonyl (C=O) groups excluding carboxylic acids is 1. The highest BCUT2D eigenvalue weighted by atomic mass is 32.2. The fraction of sp³-hybridized carbons (Fsp3) is 0.188. The minimum absolute atomic E-state index is 0.0251. The molecule has 104 valence electrons. The molecule has 0 unspecified atom stereocenters. The second-order valence-electron chi connectivity index (χ2n) is 4.16. The number of aliphatic hydroxyl groups is 1. The maximum Gasteiger partial charge on any atom is 0.338 e. The minimum Gasteiger partial charge on any atom is -0.462 e. The van der Waals surface area contributed by atoms with E-state index in [0.29, 0.717) is 12.2 Å². The summed E-state index contributed by atoms with van der Waals surface area (Å²) in [4.78, 5) is 13.7. The Morgan fingerprint density at radius 1 is 1.15 bits per heavy atom. The molecule has 0 fully saturated rings. The Morgan fingerprint density at radius 3 is 2.55 bits per heavy atom. The van der Waals surface area contributed by atoms with E-state index < -0.39 is 0 Å². The molecule has 0 aliphatic rings. The molecule has 0 bridgehead atoms. The molecular formula is C16H16O3S. The summed E-state index contributed by atoms with van der Waals surface area (Å²) in [6.07, 6.45) is 0. The average Bonchev–Trinajstić information content (AvgIpc) is 2.48. The van der Waals surface area contributed by atoms with E-state index in [4.69, 9.17) is 9.84 Å². The lowest BCUT2D eigenvalue weighted by atomic mass is 10.2. The van der Waals surface area contributed by atoms with Crippen LogP contribution >= 0.6 is 11.8 Å². The van der Waals surface area contributed by atoms with E-state index in [9.17, 15) is 4.79 Å². The van der Waals surface area contributed by atoms with Crippen molar-refractivity contribution in [3.05, 3.63) is 59.7 Å². The molecule has 2 aromatic carbocycles. The van der Waals surface area contributed by atoms with Gasteiger partial charge in [0.1, 0.15) is 0 Å². The van der Waals surface area contributed by atoms with Crippen molar-refractivity contribution >= 4 is 17.7 Å². The average molecular weight is 288 g/mol. The van der Waals surface area contributed by atoms with Crippen molar-refractivity contribution in [3.63, 3.8) is 0 Å². The smallest absolute Gasteiger partial charge is 0.338 e. The van der Waals surface area contributed by atoms with Gasteiger partial charge in [-0.1, -0.05) is 30.0 Å². The van der Waals surface area contributed by atoms with Crippen LogP contribution in [0.2, 0.25) is 0 Å². The molecule has 0 spiro atoms. The van der Waals surface area contributed by atoms with Crippen molar-refractivity contribution in [2.24, 2.45) is 0 Å². The SMILES string of the molecule is CCOC(=O)c1cccc(Sc2cccc(CO)c2)c1. The normalized spacial score (nSPS) is 10.3. The summed E-state index contributed by atoms with van der Waals surface area (Å²) >= 11 is 1.55. The zero-order valence-electron chi connectivity index (χ0n) is 11.2. The number of hydrogen-bond acceptors (Lipinski definition) is 4. The minimum atomic E-state index is -0.306. The van der Waals surface area contributed by atoms with Crippen LogP contribution in [0.15, 0.2) is 58.3 Å². The predicted octanol–water partition coefficient (Wildman–Crippen LogP) is 3.51. The van der Waals surface area contributed by atoms with Gasteiger partial charge >= 0.3 is 5.97 Å². The molecule has 4 heteroatoms. The Morgan fingerprint density at radius 2 is 1.85 bits per heavy atom. The van der Waals surface area contributed by atoms with Crippen molar-refractivity contribution < 1.29 is 14.6 Å². The first-order valence-corrected chi connectivity index (χ1v) is 7.19. The molecule has 0 saturated carbocycles. The molecule has 0 heterocycles. The Labute approximate surface area is 122 Å². The van der Waals surface area contributed by atoms with Gasteiger partial charge in [0.05, 0.1) is 18.8 Å². The fourth-order valence-corrected chi connectivity index (χ4v) is 2.71. The summed E-state index contributed by atoms with van der Waals surface area (Å²) in [6, 6.07) is 15.0. The lowest BCUT2D eigenvalue weighted by Gasteiger charge is -2.06. The third-order valence-electron chi connectivity index (χ3n) is 2.66. The zero-order valence-corrected chi connectivity index (χ0v) is 12.0. The highest BCUT2D eigenvalue weighted by Gasteiger charge is 2.07. The summed E-state index contributed by atoms with van der Waals surface area (Å²) in [5.74, 6) is -0.306. The van der Waals surface area contributed by atoms with Gasteiger partial charge in [-0.05, 0) is 42.8 Å². The first kappa shape index (κ1) is 14.6. The summed E-state index contributed by atoms with van der Waals surface area (Å²) in [6.45, 7) is 2.18. The van der Waals surface area contributed by atoms with Crippen LogP contribution in [0.1, 0.15) is 22.8 Å². The lowest BCUT2D eigenvalue weighted by molar-refractivity contribution is 0.0526. The van der Waals surface area contributed by atoms with Gasteiger partial charge < -0.3 is 9.84 Å². The van der Waals surface area contributed by atoms with E-state index in [1.165, 1.54) is 0 Å². The van der Waals surface area contributed by atoms with Gasteiger partial charge in [0, 0.05) is 9.79 Å². The van der Waals surface area contributed by atoms with Crippen molar-refractivity contribution in [1.82, 2.24) is 0 Å². The summed E-state index contributed by atoms with van der Waals surface area (Å²) in [5.41, 5.74) is 1.42. The maximum absolute atomic E-state index is 11.7. The Bertz CT molecular complexity index is 596. The molecule has 1 N–H and O–H groups in total. The van der Waals surface area contributed by atoms with E-state index in [1.807, 2.05) is 42.5 Å². The highest BCUT2D eigenvalue weighted by molar-refractivity contribution is 7.99. The van der Waals surface area contributed by atoms with E-state index in [2.05, 4.69) is 0 Å². The second kappa shape index (κ2) is 7.12. The molecule has 0 aliphatic carbocycles. The first-order valence-electron chi connectivity index (χ1n) is 6.37. The monoisotopic (exact) mass is 288 g/mol. The van der Waals surface area contributed by atoms with Gasteiger partial charge in [-0.25, -0.2) is 4.79 Å². The largest absolute Gasteiger partial charge is 0.462 e. The van der Waals surface area contributed by atoms with E-state index in [-0.39, 0.29) is 12.6 Å². The number of rotatable bonds is 5. The number of hydrogen-bond donors (Lipinski definition) is 1. The zero-order chi connectivity index (χ0) is 14.4. The molecule has 3 nitrogen and oxygen atoms in total. The highest BCUT2D eigenvalue weighted by Crippen LogP contribution is 2.28. The Balaban J connectivity index is 2.16. The quantitative estimate of drug-likeness (QED) is 0.855. The number of aliphatic hydroxyl groups excluding tert-OH is 1. The van der Waals surface area contributed by atoms with Crippen LogP contribution in [0.5, 0.6) is 0 Å². The molecule has 0 amide bonds.